The number of rotatable bonds is 7. The van der Waals surface area contributed by atoms with Crippen LogP contribution in [0.5, 0.6) is 0 Å². The van der Waals surface area contributed by atoms with E-state index < -0.39 is 0 Å². The molecule has 2 aromatic rings. The molecule has 1 atom stereocenters. The van der Waals surface area contributed by atoms with Gasteiger partial charge in [-0.3, -0.25) is 14.3 Å². The molecule has 1 aliphatic carbocycles. The predicted octanol–water partition coefficient (Wildman–Crippen LogP) is 2.89. The monoisotopic (exact) mass is 418 g/mol. The fourth-order valence-electron chi connectivity index (χ4n) is 3.63. The molecule has 0 bridgehead atoms. The number of aromatic nitrogens is 3. The third-order valence-electron chi connectivity index (χ3n) is 4.91. The van der Waals surface area contributed by atoms with Crippen LogP contribution in [0, 0.1) is 0 Å². The van der Waals surface area contributed by atoms with Gasteiger partial charge in [0.2, 0.25) is 5.91 Å². The molecule has 1 unspecified atom stereocenters. The Hall–Kier alpha value is -2.26. The van der Waals surface area contributed by atoms with Gasteiger partial charge in [0.15, 0.2) is 10.8 Å². The molecule has 0 saturated carbocycles. The number of hydrogen-bond donors (Lipinski definition) is 2. The normalized spacial score (nSPS) is 15.4. The number of carbonyl (C=O) groups excluding carboxylic acids is 2. The van der Waals surface area contributed by atoms with Crippen molar-refractivity contribution in [2.24, 2.45) is 0 Å². The van der Waals surface area contributed by atoms with Crippen molar-refractivity contribution in [2.45, 2.75) is 52.5 Å². The van der Waals surface area contributed by atoms with Crippen molar-refractivity contribution in [3.8, 4) is 10.6 Å². The number of thiazole rings is 1. The van der Waals surface area contributed by atoms with Crippen molar-refractivity contribution < 1.29 is 9.59 Å². The molecule has 0 aliphatic heterocycles. The number of nitrogens with zero attached hydrogens (tertiary/aromatic N) is 4. The van der Waals surface area contributed by atoms with Crippen LogP contribution in [-0.4, -0.2) is 58.7 Å². The lowest BCUT2D eigenvalue weighted by Gasteiger charge is -2.21. The number of amides is 2. The molecular formula is C20H30N6O2S. The molecule has 29 heavy (non-hydrogen) atoms. The van der Waals surface area contributed by atoms with E-state index in [0.717, 1.165) is 41.2 Å². The zero-order chi connectivity index (χ0) is 21.3. The maximum absolute atomic E-state index is 12.9. The van der Waals surface area contributed by atoms with Gasteiger partial charge in [0.05, 0.1) is 16.3 Å². The predicted molar refractivity (Wildman–Crippen MR) is 116 cm³/mol. The van der Waals surface area contributed by atoms with Crippen LogP contribution in [0.4, 0.5) is 5.13 Å². The third kappa shape index (κ3) is 4.51. The maximum atomic E-state index is 12.9. The van der Waals surface area contributed by atoms with Gasteiger partial charge in [-0.2, -0.15) is 5.10 Å². The van der Waals surface area contributed by atoms with Crippen molar-refractivity contribution in [1.29, 1.82) is 0 Å². The van der Waals surface area contributed by atoms with E-state index in [1.807, 2.05) is 18.8 Å². The zero-order valence-electron chi connectivity index (χ0n) is 18.0. The van der Waals surface area contributed by atoms with Crippen molar-refractivity contribution in [2.75, 3.05) is 32.5 Å². The fourth-order valence-corrected chi connectivity index (χ4v) is 4.72. The van der Waals surface area contributed by atoms with Gasteiger partial charge in [-0.15, -0.1) is 0 Å². The summed E-state index contributed by atoms with van der Waals surface area (Å²) in [7, 11) is 4.04. The quantitative estimate of drug-likeness (QED) is 0.675. The standard InChI is InChI=1S/C20H30N6O2S/c1-11(2)26-17-15(16(24-26)19(28)21-8-7-9-25(5)6)12(3)10-14-18(17)29-20(23-14)22-13(4)27/h11-12H,7-10H2,1-6H3,(H,21,28)(H,22,23,27). The third-order valence-corrected chi connectivity index (χ3v) is 5.93. The van der Waals surface area contributed by atoms with Gasteiger partial charge in [-0.25, -0.2) is 4.98 Å². The van der Waals surface area contributed by atoms with Gasteiger partial charge >= 0.3 is 0 Å². The number of nitrogens with one attached hydrogen (secondary N) is 2. The number of hydrogen-bond acceptors (Lipinski definition) is 6. The number of anilines is 1. The molecule has 0 saturated heterocycles. The molecule has 0 radical (unpaired) electrons. The molecule has 0 spiro atoms. The molecule has 2 aromatic heterocycles. The number of carbonyl (C=O) groups is 2. The second-order valence-corrected chi connectivity index (χ2v) is 9.14. The smallest absolute Gasteiger partial charge is 0.272 e. The second-order valence-electron chi connectivity index (χ2n) is 8.14. The van der Waals surface area contributed by atoms with Gasteiger partial charge in [-0.05, 0) is 53.2 Å². The van der Waals surface area contributed by atoms with Crippen molar-refractivity contribution in [3.63, 3.8) is 0 Å². The highest BCUT2D eigenvalue weighted by Gasteiger charge is 2.35. The van der Waals surface area contributed by atoms with Crippen LogP contribution in [0.25, 0.3) is 10.6 Å². The SMILES string of the molecule is CC(=O)Nc1nc2c(s1)-c1c(c(C(=O)NCCCN(C)C)nn1C(C)C)C(C)C2. The summed E-state index contributed by atoms with van der Waals surface area (Å²) in [4.78, 5) is 32.1. The number of fused-ring (bicyclic) bond motifs is 3. The molecule has 3 rings (SSSR count). The molecule has 158 valence electrons. The first-order chi connectivity index (χ1) is 13.7. The molecule has 1 aliphatic rings. The molecule has 2 amide bonds. The van der Waals surface area contributed by atoms with Gasteiger partial charge < -0.3 is 15.5 Å². The van der Waals surface area contributed by atoms with Crippen LogP contribution in [0.15, 0.2) is 0 Å². The Balaban J connectivity index is 1.96. The minimum atomic E-state index is -0.139. The fraction of sp³-hybridized carbons (Fsp3) is 0.600. The average Bonchev–Trinajstić information content (AvgIpc) is 3.19. The first-order valence-electron chi connectivity index (χ1n) is 10.0. The van der Waals surface area contributed by atoms with E-state index in [4.69, 9.17) is 5.10 Å². The first kappa shape index (κ1) is 21.4. The van der Waals surface area contributed by atoms with Crippen LogP contribution in [-0.2, 0) is 11.2 Å². The van der Waals surface area contributed by atoms with Crippen molar-refractivity contribution in [1.82, 2.24) is 25.0 Å². The highest BCUT2D eigenvalue weighted by atomic mass is 32.1. The molecule has 2 N–H and O–H groups in total. The molecule has 8 nitrogen and oxygen atoms in total. The van der Waals surface area contributed by atoms with Crippen LogP contribution in [0.1, 0.15) is 67.8 Å². The lowest BCUT2D eigenvalue weighted by molar-refractivity contribution is -0.114. The van der Waals surface area contributed by atoms with Gasteiger partial charge in [0.1, 0.15) is 0 Å². The Labute approximate surface area is 175 Å². The summed E-state index contributed by atoms with van der Waals surface area (Å²) in [5.74, 6) is -0.138. The summed E-state index contributed by atoms with van der Waals surface area (Å²) < 4.78 is 1.92. The van der Waals surface area contributed by atoms with E-state index in [9.17, 15) is 9.59 Å². The maximum Gasteiger partial charge on any atom is 0.272 e. The molecule has 0 fully saturated rings. The van der Waals surface area contributed by atoms with E-state index in [1.165, 1.54) is 18.3 Å². The van der Waals surface area contributed by atoms with Gasteiger partial charge in [0.25, 0.3) is 5.91 Å². The van der Waals surface area contributed by atoms with Crippen LogP contribution < -0.4 is 10.6 Å². The Bertz CT molecular complexity index is 914. The van der Waals surface area contributed by atoms with E-state index in [2.05, 4.69) is 41.3 Å². The lowest BCUT2D eigenvalue weighted by Crippen LogP contribution is -2.28. The highest BCUT2D eigenvalue weighted by molar-refractivity contribution is 7.19. The minimum Gasteiger partial charge on any atom is -0.351 e. The summed E-state index contributed by atoms with van der Waals surface area (Å²) in [5, 5.41) is 11.1. The summed E-state index contributed by atoms with van der Waals surface area (Å²) in [6.07, 6.45) is 1.61. The zero-order valence-corrected chi connectivity index (χ0v) is 18.8. The van der Waals surface area contributed by atoms with E-state index >= 15 is 0 Å². The summed E-state index contributed by atoms with van der Waals surface area (Å²) in [6.45, 7) is 9.24. The summed E-state index contributed by atoms with van der Waals surface area (Å²) in [6, 6.07) is 0.100. The van der Waals surface area contributed by atoms with Gasteiger partial charge in [-0.1, -0.05) is 18.3 Å². The lowest BCUT2D eigenvalue weighted by atomic mass is 9.87. The Kier molecular flexibility index (Phi) is 6.38. The minimum absolute atomic E-state index is 0.100. The summed E-state index contributed by atoms with van der Waals surface area (Å²) in [5.41, 5.74) is 3.40. The Morgan fingerprint density at radius 2 is 2.07 bits per heavy atom. The average molecular weight is 419 g/mol. The van der Waals surface area contributed by atoms with Crippen LogP contribution in [0.2, 0.25) is 0 Å². The van der Waals surface area contributed by atoms with E-state index in [0.29, 0.717) is 17.4 Å². The molecule has 9 heteroatoms. The van der Waals surface area contributed by atoms with E-state index in [-0.39, 0.29) is 23.8 Å². The molecule has 0 aromatic carbocycles. The van der Waals surface area contributed by atoms with Crippen LogP contribution >= 0.6 is 11.3 Å². The topological polar surface area (TPSA) is 92.2 Å². The second kappa shape index (κ2) is 8.62. The van der Waals surface area contributed by atoms with Crippen LogP contribution in [0.3, 0.4) is 0 Å². The van der Waals surface area contributed by atoms with Crippen molar-refractivity contribution >= 4 is 28.3 Å². The Morgan fingerprint density at radius 3 is 2.69 bits per heavy atom. The van der Waals surface area contributed by atoms with Gasteiger partial charge in [0, 0.05) is 25.1 Å². The van der Waals surface area contributed by atoms with E-state index in [1.54, 1.807) is 0 Å². The largest absolute Gasteiger partial charge is 0.351 e. The Morgan fingerprint density at radius 1 is 1.34 bits per heavy atom. The molecule has 2 heterocycles. The van der Waals surface area contributed by atoms with Crippen molar-refractivity contribution in [3.05, 3.63) is 17.0 Å². The first-order valence-corrected chi connectivity index (χ1v) is 10.8. The summed E-state index contributed by atoms with van der Waals surface area (Å²) >= 11 is 1.45. The molecular weight excluding hydrogens is 388 g/mol. The highest BCUT2D eigenvalue weighted by Crippen LogP contribution is 2.46.